The maximum atomic E-state index is 4.87. The monoisotopic (exact) mass is 500 g/mol. The molecule has 0 amide bonds. The van der Waals surface area contributed by atoms with E-state index in [0.29, 0.717) is 5.92 Å². The third kappa shape index (κ3) is 3.40. The maximum absolute atomic E-state index is 4.87. The van der Waals surface area contributed by atoms with Gasteiger partial charge < -0.3 is 0 Å². The van der Waals surface area contributed by atoms with Crippen LogP contribution >= 0.6 is 34.0 Å². The van der Waals surface area contributed by atoms with E-state index in [-0.39, 0.29) is 5.41 Å². The molecule has 4 aromatic heterocycles. The third-order valence-corrected chi connectivity index (χ3v) is 9.84. The lowest BCUT2D eigenvalue weighted by Crippen LogP contribution is -2.11. The van der Waals surface area contributed by atoms with E-state index in [1.54, 1.807) is 6.33 Å². The zero-order chi connectivity index (χ0) is 23.8. The summed E-state index contributed by atoms with van der Waals surface area (Å²) in [5.41, 5.74) is 5.19. The summed E-state index contributed by atoms with van der Waals surface area (Å²) in [6.07, 6.45) is 2.86. The van der Waals surface area contributed by atoms with Gasteiger partial charge in [-0.2, -0.15) is 0 Å². The first-order valence-electron chi connectivity index (χ1n) is 11.8. The van der Waals surface area contributed by atoms with Gasteiger partial charge in [-0.25, -0.2) is 9.97 Å². The summed E-state index contributed by atoms with van der Waals surface area (Å²) in [5.74, 6) is 0.629. The average Bonchev–Trinajstić information content (AvgIpc) is 3.47. The Morgan fingerprint density at radius 3 is 2.53 bits per heavy atom. The second-order valence-electron chi connectivity index (χ2n) is 10.7. The Bertz CT molecular complexity index is 1710. The van der Waals surface area contributed by atoms with Crippen LogP contribution in [0.4, 0.5) is 0 Å². The first kappa shape index (κ1) is 22.1. The van der Waals surface area contributed by atoms with Gasteiger partial charge in [0.1, 0.15) is 11.2 Å². The predicted octanol–water partition coefficient (Wildman–Crippen LogP) is 9.75. The van der Waals surface area contributed by atoms with Crippen molar-refractivity contribution in [3.63, 3.8) is 0 Å². The molecule has 6 aromatic rings. The molecule has 2 nitrogen and oxygen atoms in total. The van der Waals surface area contributed by atoms with Gasteiger partial charge in [-0.05, 0) is 70.8 Å². The summed E-state index contributed by atoms with van der Waals surface area (Å²) >= 11 is 5.59. The molecule has 172 valence electrons. The molecule has 5 heteroatoms. The Hall–Kier alpha value is -2.34. The molecular formula is C29H28N2S3. The minimum absolute atomic E-state index is 0.0636. The van der Waals surface area contributed by atoms with E-state index < -0.39 is 0 Å². The molecule has 0 radical (unpaired) electrons. The van der Waals surface area contributed by atoms with Crippen molar-refractivity contribution in [2.75, 3.05) is 0 Å². The van der Waals surface area contributed by atoms with Crippen molar-refractivity contribution in [2.24, 2.45) is 5.92 Å². The van der Waals surface area contributed by atoms with Crippen molar-refractivity contribution in [1.29, 1.82) is 0 Å². The van der Waals surface area contributed by atoms with E-state index >= 15 is 0 Å². The molecule has 0 N–H and O–H groups in total. The minimum Gasteiger partial charge on any atom is -0.236 e. The van der Waals surface area contributed by atoms with E-state index in [1.165, 1.54) is 57.2 Å². The van der Waals surface area contributed by atoms with Crippen molar-refractivity contribution in [3.8, 4) is 11.3 Å². The molecule has 0 unspecified atom stereocenters. The van der Waals surface area contributed by atoms with Gasteiger partial charge in [0.15, 0.2) is 0 Å². The number of nitrogens with zero attached hydrogens (tertiary/aromatic N) is 2. The Morgan fingerprint density at radius 1 is 0.941 bits per heavy atom. The van der Waals surface area contributed by atoms with Gasteiger partial charge in [-0.1, -0.05) is 40.7 Å². The normalized spacial score (nSPS) is 12.8. The van der Waals surface area contributed by atoms with Gasteiger partial charge in [0.25, 0.3) is 0 Å². The molecule has 0 fully saturated rings. The molecule has 0 aliphatic heterocycles. The smallest absolute Gasteiger partial charge is 0.128 e. The number of fused-ring (bicyclic) bond motifs is 6. The summed E-state index contributed by atoms with van der Waals surface area (Å²) < 4.78 is 4.13. The second kappa shape index (κ2) is 7.84. The molecule has 2 aromatic carbocycles. The molecule has 0 bridgehead atoms. The van der Waals surface area contributed by atoms with Crippen LogP contribution in [0.3, 0.4) is 0 Å². The molecule has 6 rings (SSSR count). The minimum atomic E-state index is 0.0636. The van der Waals surface area contributed by atoms with Crippen molar-refractivity contribution in [3.05, 3.63) is 58.0 Å². The first-order valence-corrected chi connectivity index (χ1v) is 14.3. The number of rotatable bonds is 3. The van der Waals surface area contributed by atoms with Crippen LogP contribution < -0.4 is 0 Å². The Morgan fingerprint density at radius 2 is 1.76 bits per heavy atom. The summed E-state index contributed by atoms with van der Waals surface area (Å²) in [7, 11) is 0. The van der Waals surface area contributed by atoms with E-state index in [2.05, 4.69) is 77.3 Å². The number of hydrogen-bond donors (Lipinski definition) is 0. The van der Waals surface area contributed by atoms with Crippen molar-refractivity contribution >= 4 is 74.5 Å². The van der Waals surface area contributed by atoms with Gasteiger partial charge in [0.05, 0.1) is 5.69 Å². The third-order valence-electron chi connectivity index (χ3n) is 6.63. The van der Waals surface area contributed by atoms with Crippen LogP contribution in [0.5, 0.6) is 0 Å². The molecule has 0 saturated heterocycles. The summed E-state index contributed by atoms with van der Waals surface area (Å²) in [6.45, 7) is 13.8. The van der Waals surface area contributed by atoms with E-state index in [1.807, 2.05) is 34.0 Å². The highest BCUT2D eigenvalue weighted by atomic mass is 32.1. The van der Waals surface area contributed by atoms with Crippen molar-refractivity contribution in [1.82, 2.24) is 9.97 Å². The standard InChI is InChI=1S/C29H28N2S3/c1-15(2)11-20-16(3)33-22-8-7-19-24-25(30-14-31-28(24)34-27(19)23(20)22)18-12-17-9-10-32-26(17)21(13-18)29(4,5)6/h7-10,12-15H,11H2,1-6H3. The first-order chi connectivity index (χ1) is 16.2. The van der Waals surface area contributed by atoms with E-state index in [4.69, 9.17) is 9.97 Å². The fourth-order valence-corrected chi connectivity index (χ4v) is 8.57. The van der Waals surface area contributed by atoms with Crippen LogP contribution in [-0.4, -0.2) is 9.97 Å². The molecule has 0 saturated carbocycles. The zero-order valence-electron chi connectivity index (χ0n) is 20.4. The van der Waals surface area contributed by atoms with E-state index in [9.17, 15) is 0 Å². The SMILES string of the molecule is Cc1sc2ccc3c(sc4ncnc(-c5cc(C(C)(C)C)c6sccc6c5)c43)c2c1CC(C)C. The average molecular weight is 501 g/mol. The van der Waals surface area contributed by atoms with Gasteiger partial charge in [-0.15, -0.1) is 34.0 Å². The topological polar surface area (TPSA) is 25.8 Å². The quantitative estimate of drug-likeness (QED) is 0.242. The summed E-state index contributed by atoms with van der Waals surface area (Å²) in [4.78, 5) is 12.1. The van der Waals surface area contributed by atoms with Crippen molar-refractivity contribution < 1.29 is 0 Å². The molecule has 4 heterocycles. The number of benzene rings is 2. The predicted molar refractivity (Wildman–Crippen MR) is 153 cm³/mol. The van der Waals surface area contributed by atoms with Crippen molar-refractivity contribution in [2.45, 2.75) is 53.4 Å². The lowest BCUT2D eigenvalue weighted by molar-refractivity contribution is 0.597. The van der Waals surface area contributed by atoms with E-state index in [0.717, 1.165) is 16.9 Å². The Kier molecular flexibility index (Phi) is 5.11. The van der Waals surface area contributed by atoms with Crippen LogP contribution in [0.2, 0.25) is 0 Å². The Balaban J connectivity index is 1.69. The number of thiophene rings is 3. The van der Waals surface area contributed by atoms with Gasteiger partial charge in [0, 0.05) is 40.7 Å². The molecule has 0 spiro atoms. The van der Waals surface area contributed by atoms with Crippen LogP contribution in [-0.2, 0) is 11.8 Å². The summed E-state index contributed by atoms with van der Waals surface area (Å²) in [5, 5.41) is 7.41. The molecular weight excluding hydrogens is 473 g/mol. The fraction of sp³-hybridized carbons (Fsp3) is 0.310. The number of aryl methyl sites for hydroxylation is 1. The fourth-order valence-electron chi connectivity index (χ4n) is 5.08. The highest BCUT2D eigenvalue weighted by Crippen LogP contribution is 2.46. The highest BCUT2D eigenvalue weighted by Gasteiger charge is 2.22. The highest BCUT2D eigenvalue weighted by molar-refractivity contribution is 7.27. The molecule has 34 heavy (non-hydrogen) atoms. The van der Waals surface area contributed by atoms with Crippen LogP contribution in [0.15, 0.2) is 42.0 Å². The molecule has 0 atom stereocenters. The molecule has 0 aliphatic rings. The lowest BCUT2D eigenvalue weighted by atomic mass is 9.85. The maximum Gasteiger partial charge on any atom is 0.128 e. The van der Waals surface area contributed by atoms with Crippen LogP contribution in [0, 0.1) is 12.8 Å². The van der Waals surface area contributed by atoms with Gasteiger partial charge >= 0.3 is 0 Å². The number of hydrogen-bond acceptors (Lipinski definition) is 5. The lowest BCUT2D eigenvalue weighted by Gasteiger charge is -2.21. The largest absolute Gasteiger partial charge is 0.236 e. The van der Waals surface area contributed by atoms with Crippen LogP contribution in [0.1, 0.15) is 50.6 Å². The second-order valence-corrected chi connectivity index (χ2v) is 13.8. The summed E-state index contributed by atoms with van der Waals surface area (Å²) in [6, 6.07) is 11.5. The molecule has 0 aliphatic carbocycles. The number of aromatic nitrogens is 2. The zero-order valence-corrected chi connectivity index (χ0v) is 22.9. The van der Waals surface area contributed by atoms with Crippen LogP contribution in [0.25, 0.3) is 51.7 Å². The van der Waals surface area contributed by atoms with Gasteiger partial charge in [0.2, 0.25) is 0 Å². The Labute approximate surface area is 212 Å². The van der Waals surface area contributed by atoms with Gasteiger partial charge in [-0.3, -0.25) is 0 Å².